The number of fused-ring (bicyclic) bond motifs is 1. The van der Waals surface area contributed by atoms with Gasteiger partial charge in [0, 0.05) is 6.42 Å². The smallest absolute Gasteiger partial charge is 0.346 e. The fraction of sp³-hybridized carbons (Fsp3) is 0.542. The van der Waals surface area contributed by atoms with Crippen LogP contribution in [0.15, 0.2) is 42.5 Å². The number of amides is 1. The molecule has 2 rings (SSSR count). The van der Waals surface area contributed by atoms with Crippen LogP contribution in [-0.4, -0.2) is 21.3 Å². The predicted molar refractivity (Wildman–Crippen MR) is 127 cm³/mol. The molecule has 0 saturated heterocycles. The molecule has 0 bridgehead atoms. The van der Waals surface area contributed by atoms with Gasteiger partial charge in [-0.2, -0.15) is 0 Å². The maximum absolute atomic E-state index is 12.6. The number of hydrogen-bond acceptors (Lipinski definition) is 3. The van der Waals surface area contributed by atoms with Crippen molar-refractivity contribution in [2.45, 2.75) is 84.8 Å². The van der Waals surface area contributed by atoms with Crippen molar-refractivity contribution >= 4 is 24.5 Å². The van der Waals surface area contributed by atoms with Gasteiger partial charge >= 0.3 is 7.82 Å². The first kappa shape index (κ1) is 27.3. The van der Waals surface area contributed by atoms with Crippen molar-refractivity contribution in [2.24, 2.45) is 0 Å². The van der Waals surface area contributed by atoms with Gasteiger partial charge in [0.2, 0.25) is 5.91 Å². The molecule has 0 heterocycles. The van der Waals surface area contributed by atoms with Gasteiger partial charge in [-0.3, -0.25) is 9.32 Å². The number of benzene rings is 2. The van der Waals surface area contributed by atoms with Gasteiger partial charge in [0.1, 0.15) is 0 Å². The van der Waals surface area contributed by atoms with E-state index >= 15 is 0 Å². The largest absolute Gasteiger partial charge is 0.470 e. The number of unbranched alkanes of at least 4 members (excludes halogenated alkanes) is 4. The lowest BCUT2D eigenvalue weighted by Crippen LogP contribution is -2.43. The van der Waals surface area contributed by atoms with Crippen LogP contribution in [0.25, 0.3) is 10.8 Å². The van der Waals surface area contributed by atoms with Crippen LogP contribution in [0.2, 0.25) is 0 Å². The zero-order chi connectivity index (χ0) is 23.5. The van der Waals surface area contributed by atoms with Gasteiger partial charge in [-0.15, -0.1) is 0 Å². The van der Waals surface area contributed by atoms with Gasteiger partial charge in [-0.1, -0.05) is 88.9 Å². The van der Waals surface area contributed by atoms with Crippen LogP contribution in [0.5, 0.6) is 0 Å². The van der Waals surface area contributed by atoms with E-state index in [9.17, 15) is 19.1 Å². The number of hydrogen-bond donors (Lipinski definition) is 3. The van der Waals surface area contributed by atoms with E-state index in [-0.39, 0.29) is 5.91 Å². The van der Waals surface area contributed by atoms with Crippen LogP contribution in [0.1, 0.15) is 84.7 Å². The van der Waals surface area contributed by atoms with Crippen LogP contribution >= 0.6 is 7.82 Å². The minimum Gasteiger partial charge on any atom is -0.346 e. The highest BCUT2D eigenvalue weighted by Gasteiger charge is 2.39. The maximum atomic E-state index is 12.6. The SMILES string of the molecule is CC.CCCCCCCC(=O)NC(c1cccc2ccccc12)C(C)(C)OP(=O)(O)O. The summed E-state index contributed by atoms with van der Waals surface area (Å²) in [6.45, 7) is 9.31. The van der Waals surface area contributed by atoms with E-state index in [1.54, 1.807) is 13.8 Å². The van der Waals surface area contributed by atoms with Crippen molar-refractivity contribution < 1.29 is 23.7 Å². The van der Waals surface area contributed by atoms with E-state index in [2.05, 4.69) is 12.2 Å². The Morgan fingerprint density at radius 1 is 1.03 bits per heavy atom. The lowest BCUT2D eigenvalue weighted by molar-refractivity contribution is -0.123. The van der Waals surface area contributed by atoms with Crippen molar-refractivity contribution in [1.82, 2.24) is 5.32 Å². The number of rotatable bonds is 11. The average molecular weight is 452 g/mol. The monoisotopic (exact) mass is 451 g/mol. The number of carbonyl (C=O) groups excluding carboxylic acids is 1. The first-order valence-corrected chi connectivity index (χ1v) is 12.7. The van der Waals surface area contributed by atoms with Crippen LogP contribution < -0.4 is 5.32 Å². The Balaban J connectivity index is 0.00000233. The maximum Gasteiger partial charge on any atom is 0.470 e. The minimum atomic E-state index is -4.75. The number of carbonyl (C=O) groups is 1. The van der Waals surface area contributed by atoms with E-state index in [4.69, 9.17) is 4.52 Å². The Labute approximate surface area is 186 Å². The van der Waals surface area contributed by atoms with Gasteiger partial charge in [-0.05, 0) is 36.6 Å². The zero-order valence-electron chi connectivity index (χ0n) is 19.4. The molecule has 0 spiro atoms. The van der Waals surface area contributed by atoms with Gasteiger partial charge in [0.05, 0.1) is 11.6 Å². The van der Waals surface area contributed by atoms with Crippen molar-refractivity contribution in [3.63, 3.8) is 0 Å². The minimum absolute atomic E-state index is 0.151. The first-order chi connectivity index (χ1) is 14.6. The highest BCUT2D eigenvalue weighted by atomic mass is 31.2. The van der Waals surface area contributed by atoms with Crippen LogP contribution in [0, 0.1) is 0 Å². The van der Waals surface area contributed by atoms with E-state index in [1.165, 1.54) is 0 Å². The second-order valence-corrected chi connectivity index (χ2v) is 9.08. The van der Waals surface area contributed by atoms with E-state index in [0.29, 0.717) is 6.42 Å². The van der Waals surface area contributed by atoms with Crippen molar-refractivity contribution in [2.75, 3.05) is 0 Å². The topological polar surface area (TPSA) is 95.9 Å². The molecular formula is C24H38NO5P. The molecular weight excluding hydrogens is 413 g/mol. The standard InChI is InChI=1S/C22H32NO5P.C2H6/c1-4-5-6-7-8-16-20(24)23-21(22(2,3)28-29(25,26)27)19-15-11-13-17-12-9-10-14-18(17)19;1-2/h9-15,21H,4-8,16H2,1-3H3,(H,23,24)(H2,25,26,27);1-2H3. The van der Waals surface area contributed by atoms with E-state index in [0.717, 1.165) is 48.4 Å². The molecule has 2 aromatic carbocycles. The third kappa shape index (κ3) is 9.12. The Morgan fingerprint density at radius 3 is 2.29 bits per heavy atom. The molecule has 0 aliphatic heterocycles. The molecule has 1 atom stereocenters. The molecule has 7 heteroatoms. The third-order valence-electron chi connectivity index (χ3n) is 5.00. The van der Waals surface area contributed by atoms with E-state index in [1.807, 2.05) is 56.3 Å². The van der Waals surface area contributed by atoms with Crippen LogP contribution in [0.3, 0.4) is 0 Å². The molecule has 174 valence electrons. The molecule has 0 aliphatic carbocycles. The molecule has 6 nitrogen and oxygen atoms in total. The summed E-state index contributed by atoms with van der Waals surface area (Å²) in [7, 11) is -4.75. The molecule has 2 aromatic rings. The summed E-state index contributed by atoms with van der Waals surface area (Å²) >= 11 is 0. The van der Waals surface area contributed by atoms with Crippen molar-refractivity contribution in [3.05, 3.63) is 48.0 Å². The van der Waals surface area contributed by atoms with Gasteiger partial charge in [0.15, 0.2) is 0 Å². The van der Waals surface area contributed by atoms with Gasteiger partial charge < -0.3 is 15.1 Å². The lowest BCUT2D eigenvalue weighted by Gasteiger charge is -2.35. The van der Waals surface area contributed by atoms with Gasteiger partial charge in [-0.25, -0.2) is 4.57 Å². The fourth-order valence-corrected chi connectivity index (χ4v) is 4.33. The molecule has 0 fully saturated rings. The Bertz CT molecular complexity index is 857. The molecule has 0 aromatic heterocycles. The molecule has 31 heavy (non-hydrogen) atoms. The first-order valence-electron chi connectivity index (χ1n) is 11.2. The summed E-state index contributed by atoms with van der Waals surface area (Å²) in [5.41, 5.74) is -0.554. The lowest BCUT2D eigenvalue weighted by atomic mass is 9.88. The highest BCUT2D eigenvalue weighted by molar-refractivity contribution is 7.46. The summed E-state index contributed by atoms with van der Waals surface area (Å²) in [4.78, 5) is 31.4. The number of phosphoric ester groups is 1. The van der Waals surface area contributed by atoms with E-state index < -0.39 is 19.5 Å². The summed E-state index contributed by atoms with van der Waals surface area (Å²) in [6, 6.07) is 12.7. The molecule has 0 radical (unpaired) electrons. The zero-order valence-corrected chi connectivity index (χ0v) is 20.3. The van der Waals surface area contributed by atoms with Crippen LogP contribution in [-0.2, 0) is 13.9 Å². The molecule has 1 unspecified atom stereocenters. The fourth-order valence-electron chi connectivity index (χ4n) is 3.61. The molecule has 1 amide bonds. The normalized spacial score (nSPS) is 12.7. The Morgan fingerprint density at radius 2 is 1.65 bits per heavy atom. The van der Waals surface area contributed by atoms with Gasteiger partial charge in [0.25, 0.3) is 0 Å². The Kier molecular flexibility index (Phi) is 11.4. The molecule has 3 N–H and O–H groups in total. The highest BCUT2D eigenvalue weighted by Crippen LogP contribution is 2.46. The van der Waals surface area contributed by atoms with Crippen molar-refractivity contribution in [1.29, 1.82) is 0 Å². The average Bonchev–Trinajstić information content (AvgIpc) is 2.71. The third-order valence-corrected chi connectivity index (χ3v) is 5.70. The summed E-state index contributed by atoms with van der Waals surface area (Å²) in [6.07, 6.45) is 5.55. The number of nitrogens with one attached hydrogen (secondary N) is 1. The Hall–Kier alpha value is -1.72. The molecule has 0 saturated carbocycles. The predicted octanol–water partition coefficient (Wildman–Crippen LogP) is 6.27. The molecule has 0 aliphatic rings. The quantitative estimate of drug-likeness (QED) is 0.276. The van der Waals surface area contributed by atoms with Crippen molar-refractivity contribution in [3.8, 4) is 0 Å². The summed E-state index contributed by atoms with van der Waals surface area (Å²) in [5.74, 6) is -0.151. The summed E-state index contributed by atoms with van der Waals surface area (Å²) < 4.78 is 16.7. The van der Waals surface area contributed by atoms with Crippen LogP contribution in [0.4, 0.5) is 0 Å². The summed E-state index contributed by atoms with van der Waals surface area (Å²) in [5, 5.41) is 4.86. The number of phosphoric acid groups is 1. The second kappa shape index (κ2) is 13.0. The second-order valence-electron chi connectivity index (χ2n) is 7.92.